The van der Waals surface area contributed by atoms with Crippen molar-refractivity contribution < 1.29 is 0 Å². The predicted molar refractivity (Wildman–Crippen MR) is 71.2 cm³/mol. The van der Waals surface area contributed by atoms with Gasteiger partial charge in [-0.1, -0.05) is 28.1 Å². The number of rotatable bonds is 2. The molecule has 1 aromatic heterocycles. The van der Waals surface area contributed by atoms with Crippen LogP contribution in [0.3, 0.4) is 0 Å². The van der Waals surface area contributed by atoms with Crippen molar-refractivity contribution in [3.63, 3.8) is 0 Å². The third kappa shape index (κ3) is 2.82. The first kappa shape index (κ1) is 12.0. The summed E-state index contributed by atoms with van der Waals surface area (Å²) in [7, 11) is 0. The van der Waals surface area contributed by atoms with Crippen LogP contribution < -0.4 is 5.69 Å². The minimum absolute atomic E-state index is 0.192. The molecule has 0 unspecified atom stereocenters. The van der Waals surface area contributed by atoms with Gasteiger partial charge in [0.1, 0.15) is 0 Å². The van der Waals surface area contributed by atoms with Crippen LogP contribution in [0.15, 0.2) is 39.6 Å². The van der Waals surface area contributed by atoms with E-state index in [1.54, 1.807) is 4.57 Å². The second-order valence-corrected chi connectivity index (χ2v) is 4.95. The molecule has 0 aliphatic heterocycles. The highest BCUT2D eigenvalue weighted by molar-refractivity contribution is 9.10. The molecule has 0 bridgehead atoms. The van der Waals surface area contributed by atoms with E-state index in [0.29, 0.717) is 6.54 Å². The molecular weight excluding hydrogens is 280 g/mol. The van der Waals surface area contributed by atoms with E-state index < -0.39 is 0 Å². The van der Waals surface area contributed by atoms with Crippen molar-refractivity contribution in [3.8, 4) is 0 Å². The zero-order valence-electron chi connectivity index (χ0n) is 9.77. The molecule has 0 saturated heterocycles. The van der Waals surface area contributed by atoms with E-state index in [1.165, 1.54) is 0 Å². The van der Waals surface area contributed by atoms with E-state index in [1.807, 2.05) is 44.2 Å². The van der Waals surface area contributed by atoms with Gasteiger partial charge in [-0.05, 0) is 37.6 Å². The first-order chi connectivity index (χ1) is 8.06. The number of aryl methyl sites for hydroxylation is 2. The van der Waals surface area contributed by atoms with Gasteiger partial charge in [0.2, 0.25) is 0 Å². The van der Waals surface area contributed by atoms with E-state index in [-0.39, 0.29) is 5.69 Å². The van der Waals surface area contributed by atoms with E-state index in [4.69, 9.17) is 0 Å². The fourth-order valence-electron chi connectivity index (χ4n) is 1.78. The van der Waals surface area contributed by atoms with Crippen LogP contribution in [0.2, 0.25) is 0 Å². The lowest BCUT2D eigenvalue weighted by molar-refractivity contribution is 0.693. The average Bonchev–Trinajstić information content (AvgIpc) is 2.23. The SMILES string of the molecule is Cc1cc(C)n(Cc2cccc(Br)c2)c(=O)n1. The summed E-state index contributed by atoms with van der Waals surface area (Å²) < 4.78 is 2.69. The maximum atomic E-state index is 11.8. The molecule has 4 heteroatoms. The normalized spacial score (nSPS) is 10.5. The summed E-state index contributed by atoms with van der Waals surface area (Å²) in [5.74, 6) is 0. The molecule has 0 radical (unpaired) electrons. The Hall–Kier alpha value is -1.42. The lowest BCUT2D eigenvalue weighted by Crippen LogP contribution is -2.26. The van der Waals surface area contributed by atoms with Gasteiger partial charge in [0, 0.05) is 15.9 Å². The molecule has 0 spiro atoms. The van der Waals surface area contributed by atoms with Gasteiger partial charge in [0.25, 0.3) is 0 Å². The van der Waals surface area contributed by atoms with Gasteiger partial charge in [-0.25, -0.2) is 4.79 Å². The number of nitrogens with zero attached hydrogens (tertiary/aromatic N) is 2. The summed E-state index contributed by atoms with van der Waals surface area (Å²) in [6.07, 6.45) is 0. The standard InChI is InChI=1S/C13H13BrN2O/c1-9-6-10(2)16(13(17)15-9)8-11-4-3-5-12(14)7-11/h3-7H,8H2,1-2H3. The summed E-state index contributed by atoms with van der Waals surface area (Å²) in [6, 6.07) is 9.84. The molecule has 1 heterocycles. The molecule has 1 aromatic carbocycles. The Morgan fingerprint density at radius 2 is 2.06 bits per heavy atom. The number of halogens is 1. The molecule has 2 aromatic rings. The van der Waals surface area contributed by atoms with Crippen LogP contribution in [0, 0.1) is 13.8 Å². The van der Waals surface area contributed by atoms with Gasteiger partial charge in [0.05, 0.1) is 6.54 Å². The molecule has 88 valence electrons. The maximum absolute atomic E-state index is 11.8. The molecule has 0 amide bonds. The molecule has 2 rings (SSSR count). The highest BCUT2D eigenvalue weighted by Gasteiger charge is 2.04. The number of hydrogen-bond acceptors (Lipinski definition) is 2. The zero-order valence-corrected chi connectivity index (χ0v) is 11.4. The fourth-order valence-corrected chi connectivity index (χ4v) is 2.23. The number of hydrogen-bond donors (Lipinski definition) is 0. The second-order valence-electron chi connectivity index (χ2n) is 4.04. The molecule has 0 fully saturated rings. The van der Waals surface area contributed by atoms with Gasteiger partial charge < -0.3 is 0 Å². The summed E-state index contributed by atoms with van der Waals surface area (Å²) in [5.41, 5.74) is 2.58. The number of benzene rings is 1. The molecule has 0 N–H and O–H groups in total. The first-order valence-electron chi connectivity index (χ1n) is 5.36. The quantitative estimate of drug-likeness (QED) is 0.853. The van der Waals surface area contributed by atoms with Crippen molar-refractivity contribution in [2.75, 3.05) is 0 Å². The van der Waals surface area contributed by atoms with Crippen molar-refractivity contribution >= 4 is 15.9 Å². The van der Waals surface area contributed by atoms with Crippen molar-refractivity contribution in [1.29, 1.82) is 0 Å². The van der Waals surface area contributed by atoms with Crippen LogP contribution in [-0.2, 0) is 6.54 Å². The molecule has 3 nitrogen and oxygen atoms in total. The van der Waals surface area contributed by atoms with E-state index in [2.05, 4.69) is 20.9 Å². The highest BCUT2D eigenvalue weighted by atomic mass is 79.9. The summed E-state index contributed by atoms with van der Waals surface area (Å²) >= 11 is 3.42. The van der Waals surface area contributed by atoms with Gasteiger partial charge in [-0.15, -0.1) is 0 Å². The minimum atomic E-state index is -0.192. The lowest BCUT2D eigenvalue weighted by Gasteiger charge is -2.09. The van der Waals surface area contributed by atoms with Gasteiger partial charge in [-0.3, -0.25) is 4.57 Å². The second kappa shape index (κ2) is 4.84. The van der Waals surface area contributed by atoms with Crippen molar-refractivity contribution in [2.24, 2.45) is 0 Å². The van der Waals surface area contributed by atoms with Gasteiger partial charge in [0.15, 0.2) is 0 Å². The van der Waals surface area contributed by atoms with Gasteiger partial charge >= 0.3 is 5.69 Å². The largest absolute Gasteiger partial charge is 0.348 e. The monoisotopic (exact) mass is 292 g/mol. The molecular formula is C13H13BrN2O. The van der Waals surface area contributed by atoms with Crippen LogP contribution in [-0.4, -0.2) is 9.55 Å². The fraction of sp³-hybridized carbons (Fsp3) is 0.231. The van der Waals surface area contributed by atoms with Crippen LogP contribution in [0.4, 0.5) is 0 Å². The Balaban J connectivity index is 2.40. The lowest BCUT2D eigenvalue weighted by atomic mass is 10.2. The summed E-state index contributed by atoms with van der Waals surface area (Å²) in [6.45, 7) is 4.31. The Kier molecular flexibility index (Phi) is 3.43. The summed E-state index contributed by atoms with van der Waals surface area (Å²) in [5, 5.41) is 0. The Morgan fingerprint density at radius 1 is 1.29 bits per heavy atom. The van der Waals surface area contributed by atoms with Crippen molar-refractivity contribution in [1.82, 2.24) is 9.55 Å². The summed E-state index contributed by atoms with van der Waals surface area (Å²) in [4.78, 5) is 15.7. The Morgan fingerprint density at radius 3 is 2.71 bits per heavy atom. The topological polar surface area (TPSA) is 34.9 Å². The minimum Gasteiger partial charge on any atom is -0.292 e. The zero-order chi connectivity index (χ0) is 12.4. The first-order valence-corrected chi connectivity index (χ1v) is 6.15. The molecule has 0 atom stereocenters. The molecule has 0 saturated carbocycles. The van der Waals surface area contributed by atoms with Crippen LogP contribution in [0.1, 0.15) is 17.0 Å². The smallest absolute Gasteiger partial charge is 0.292 e. The molecule has 0 aliphatic carbocycles. The predicted octanol–water partition coefficient (Wildman–Crippen LogP) is 2.67. The van der Waals surface area contributed by atoms with Crippen molar-refractivity contribution in [2.45, 2.75) is 20.4 Å². The Bertz CT molecular complexity index is 605. The van der Waals surface area contributed by atoms with E-state index in [9.17, 15) is 4.79 Å². The maximum Gasteiger partial charge on any atom is 0.348 e. The molecule has 0 aliphatic rings. The van der Waals surface area contributed by atoms with E-state index >= 15 is 0 Å². The third-order valence-corrected chi connectivity index (χ3v) is 3.07. The van der Waals surface area contributed by atoms with Crippen LogP contribution in [0.25, 0.3) is 0 Å². The Labute approximate surface area is 108 Å². The number of aromatic nitrogens is 2. The van der Waals surface area contributed by atoms with E-state index in [0.717, 1.165) is 21.4 Å². The third-order valence-electron chi connectivity index (χ3n) is 2.58. The van der Waals surface area contributed by atoms with Crippen LogP contribution in [0.5, 0.6) is 0 Å². The molecule has 17 heavy (non-hydrogen) atoms. The van der Waals surface area contributed by atoms with Crippen molar-refractivity contribution in [3.05, 3.63) is 62.2 Å². The highest BCUT2D eigenvalue weighted by Crippen LogP contribution is 2.12. The average molecular weight is 293 g/mol. The van der Waals surface area contributed by atoms with Crippen LogP contribution >= 0.6 is 15.9 Å². The van der Waals surface area contributed by atoms with Gasteiger partial charge in [-0.2, -0.15) is 4.98 Å².